The second-order valence-corrected chi connectivity index (χ2v) is 9.27. The van der Waals surface area contributed by atoms with Gasteiger partial charge in [0.15, 0.2) is 0 Å². The molecule has 0 unspecified atom stereocenters. The first-order chi connectivity index (χ1) is 17.8. The molecule has 4 aromatic rings. The van der Waals surface area contributed by atoms with E-state index in [9.17, 15) is 9.59 Å². The summed E-state index contributed by atoms with van der Waals surface area (Å²) in [6, 6.07) is 15.6. The SMILES string of the molecule is CO.COC(=O)c1cncn1[C@@H](C)c1ccccc1Br.C[C@@H](c1ccccc1Br)n1cncc1C(=O)O.[Na+].[OH-]. The molecule has 2 heterocycles. The second-order valence-electron chi connectivity index (χ2n) is 7.56. The number of aromatic nitrogens is 4. The smallest absolute Gasteiger partial charge is 0.870 e. The van der Waals surface area contributed by atoms with Crippen LogP contribution in [0.4, 0.5) is 0 Å². The molecule has 0 aliphatic heterocycles. The Kier molecular flexibility index (Phi) is 17.0. The number of esters is 1. The van der Waals surface area contributed by atoms with Gasteiger partial charge in [0.25, 0.3) is 0 Å². The molecule has 0 amide bonds. The molecule has 0 radical (unpaired) electrons. The van der Waals surface area contributed by atoms with Gasteiger partial charge in [-0.05, 0) is 37.1 Å². The molecule has 0 saturated carbocycles. The monoisotopic (exact) mass is 674 g/mol. The van der Waals surface area contributed by atoms with Gasteiger partial charge in [-0.3, -0.25) is 0 Å². The van der Waals surface area contributed by atoms with Crippen LogP contribution in [-0.2, 0) is 4.74 Å². The van der Waals surface area contributed by atoms with Crippen LogP contribution in [0.15, 0.2) is 82.5 Å². The number of ether oxygens (including phenoxy) is 1. The van der Waals surface area contributed by atoms with Gasteiger partial charge >= 0.3 is 41.5 Å². The number of carboxylic acid groups (broad SMARTS) is 1. The number of nitrogens with zero attached hydrogens (tertiary/aromatic N) is 4. The number of rotatable bonds is 6. The van der Waals surface area contributed by atoms with E-state index < -0.39 is 5.97 Å². The molecule has 3 N–H and O–H groups in total. The molecule has 0 saturated heterocycles. The van der Waals surface area contributed by atoms with Crippen LogP contribution in [0, 0.1) is 0 Å². The Hall–Kier alpha value is -2.32. The minimum atomic E-state index is -0.971. The minimum Gasteiger partial charge on any atom is -0.870 e. The van der Waals surface area contributed by atoms with Crippen LogP contribution >= 0.6 is 31.9 Å². The number of hydrogen-bond donors (Lipinski definition) is 2. The Bertz CT molecular complexity index is 1330. The van der Waals surface area contributed by atoms with E-state index in [-0.39, 0.29) is 58.8 Å². The standard InChI is InChI=1S/C13H13BrN2O2.C12H11BrN2O2.CH4O.Na.H2O/c1-9(10-5-3-4-6-11(10)14)16-8-15-7-12(16)13(17)18-2;1-8(9-4-2-3-5-10(9)13)15-7-14-6-11(15)12(16)17;1-2;;/h3-9H,1-2H3;2-8H,1H3,(H,16,17);2H,1H3;;1H2/q;;;+1;/p-1/t9-;8-;;;/m00.../s1. The molecule has 0 spiro atoms. The third-order valence-corrected chi connectivity index (χ3v) is 6.94. The summed E-state index contributed by atoms with van der Waals surface area (Å²) in [7, 11) is 2.36. The van der Waals surface area contributed by atoms with Crippen LogP contribution in [0.5, 0.6) is 0 Å². The van der Waals surface area contributed by atoms with E-state index in [1.807, 2.05) is 62.4 Å². The predicted molar refractivity (Wildman–Crippen MR) is 149 cm³/mol. The fourth-order valence-electron chi connectivity index (χ4n) is 3.58. The number of carbonyl (C=O) groups is 2. The third kappa shape index (κ3) is 9.38. The number of hydrogen-bond acceptors (Lipinski definition) is 7. The summed E-state index contributed by atoms with van der Waals surface area (Å²) in [5, 5.41) is 16.0. The molecule has 39 heavy (non-hydrogen) atoms. The first kappa shape index (κ1) is 36.7. The largest absolute Gasteiger partial charge is 1.00 e. The fraction of sp³-hybridized carbons (Fsp3) is 0.231. The van der Waals surface area contributed by atoms with Crippen LogP contribution in [0.25, 0.3) is 0 Å². The molecule has 0 aliphatic rings. The van der Waals surface area contributed by atoms with Crippen LogP contribution in [0.1, 0.15) is 58.0 Å². The molecular weight excluding hydrogens is 647 g/mol. The van der Waals surface area contributed by atoms with Crippen molar-refractivity contribution in [3.63, 3.8) is 0 Å². The van der Waals surface area contributed by atoms with Gasteiger partial charge in [-0.1, -0.05) is 68.3 Å². The number of aliphatic hydroxyl groups is 1. The summed E-state index contributed by atoms with van der Waals surface area (Å²) in [4.78, 5) is 30.6. The van der Waals surface area contributed by atoms with Crippen molar-refractivity contribution in [1.82, 2.24) is 19.1 Å². The Morgan fingerprint density at radius 1 is 0.821 bits per heavy atom. The van der Waals surface area contributed by atoms with E-state index in [0.29, 0.717) is 5.69 Å². The molecule has 204 valence electrons. The summed E-state index contributed by atoms with van der Waals surface area (Å²) in [6.07, 6.45) is 6.04. The zero-order valence-corrected chi connectivity index (χ0v) is 27.4. The van der Waals surface area contributed by atoms with Crippen LogP contribution in [-0.4, -0.2) is 60.9 Å². The average Bonchev–Trinajstić information content (AvgIpc) is 3.60. The molecule has 2 aromatic heterocycles. The van der Waals surface area contributed by atoms with Gasteiger partial charge in [0.1, 0.15) is 11.4 Å². The molecule has 2 atom stereocenters. The van der Waals surface area contributed by atoms with Gasteiger partial charge in [0.2, 0.25) is 0 Å². The van der Waals surface area contributed by atoms with Crippen molar-refractivity contribution >= 4 is 43.8 Å². The molecule has 0 bridgehead atoms. The van der Waals surface area contributed by atoms with Gasteiger partial charge in [0, 0.05) is 16.1 Å². The van der Waals surface area contributed by atoms with Crippen molar-refractivity contribution < 1.29 is 59.6 Å². The Morgan fingerprint density at radius 3 is 1.59 bits per heavy atom. The number of halogens is 2. The van der Waals surface area contributed by atoms with Gasteiger partial charge in [-0.2, -0.15) is 0 Å². The first-order valence-electron chi connectivity index (χ1n) is 11.0. The van der Waals surface area contributed by atoms with E-state index in [1.54, 1.807) is 15.5 Å². The van der Waals surface area contributed by atoms with E-state index in [1.165, 1.54) is 25.8 Å². The van der Waals surface area contributed by atoms with Gasteiger partial charge in [-0.25, -0.2) is 19.6 Å². The summed E-state index contributed by atoms with van der Waals surface area (Å²) in [5.74, 6) is -1.35. The van der Waals surface area contributed by atoms with Crippen molar-refractivity contribution in [3.05, 3.63) is 105 Å². The van der Waals surface area contributed by atoms with Gasteiger partial charge in [0.05, 0.1) is 44.2 Å². The van der Waals surface area contributed by atoms with Crippen LogP contribution < -0.4 is 29.6 Å². The van der Waals surface area contributed by atoms with Crippen molar-refractivity contribution in [2.75, 3.05) is 14.2 Å². The number of imidazole rings is 2. The molecule has 0 fully saturated rings. The summed E-state index contributed by atoms with van der Waals surface area (Å²) in [6.45, 7) is 3.95. The quantitative estimate of drug-likeness (QED) is 0.234. The number of carbonyl (C=O) groups excluding carboxylic acids is 1. The topological polar surface area (TPSA) is 149 Å². The minimum absolute atomic E-state index is 0. The second kappa shape index (κ2) is 18.1. The maximum Gasteiger partial charge on any atom is 1.00 e. The zero-order valence-electron chi connectivity index (χ0n) is 22.2. The molecule has 4 rings (SSSR count). The van der Waals surface area contributed by atoms with Gasteiger partial charge < -0.3 is 29.6 Å². The first-order valence-corrected chi connectivity index (χ1v) is 12.6. The molecule has 2 aromatic carbocycles. The molecule has 0 aliphatic carbocycles. The maximum absolute atomic E-state index is 11.6. The Labute approximate surface area is 265 Å². The van der Waals surface area contributed by atoms with E-state index in [0.717, 1.165) is 27.2 Å². The normalized spacial score (nSPS) is 11.2. The summed E-state index contributed by atoms with van der Waals surface area (Å²) in [5.41, 5.74) is 2.74. The van der Waals surface area contributed by atoms with E-state index >= 15 is 0 Å². The fourth-order valence-corrected chi connectivity index (χ4v) is 4.81. The van der Waals surface area contributed by atoms with E-state index in [2.05, 4.69) is 41.8 Å². The Balaban J connectivity index is 0.000000665. The molecule has 10 nitrogen and oxygen atoms in total. The third-order valence-electron chi connectivity index (χ3n) is 5.49. The summed E-state index contributed by atoms with van der Waals surface area (Å²) >= 11 is 6.97. The number of aliphatic hydroxyl groups excluding tert-OH is 1. The predicted octanol–water partition coefficient (Wildman–Crippen LogP) is 2.43. The van der Waals surface area contributed by atoms with Crippen molar-refractivity contribution in [2.45, 2.75) is 25.9 Å². The average molecular weight is 676 g/mol. The van der Waals surface area contributed by atoms with Crippen molar-refractivity contribution in [2.24, 2.45) is 0 Å². The number of aromatic carboxylic acids is 1. The number of carboxylic acids is 1. The van der Waals surface area contributed by atoms with Crippen LogP contribution in [0.2, 0.25) is 0 Å². The molecular formula is C26H29Br2N4NaO6. The molecule has 13 heteroatoms. The number of benzene rings is 2. The summed E-state index contributed by atoms with van der Waals surface area (Å²) < 4.78 is 10.1. The van der Waals surface area contributed by atoms with Crippen LogP contribution in [0.3, 0.4) is 0 Å². The van der Waals surface area contributed by atoms with Crippen molar-refractivity contribution in [3.8, 4) is 0 Å². The van der Waals surface area contributed by atoms with Crippen molar-refractivity contribution in [1.29, 1.82) is 0 Å². The van der Waals surface area contributed by atoms with E-state index in [4.69, 9.17) is 14.9 Å². The Morgan fingerprint density at radius 2 is 1.21 bits per heavy atom. The zero-order chi connectivity index (χ0) is 27.5. The van der Waals surface area contributed by atoms with Gasteiger partial charge in [-0.15, -0.1) is 0 Å². The number of methoxy groups -OCH3 is 1. The maximum atomic E-state index is 11.6.